The number of amides is 1. The number of carbonyl (C=O) groups excluding carboxylic acids is 1. The predicted molar refractivity (Wildman–Crippen MR) is 112 cm³/mol. The van der Waals surface area contributed by atoms with E-state index in [0.717, 1.165) is 22.4 Å². The van der Waals surface area contributed by atoms with Gasteiger partial charge in [-0.25, -0.2) is 4.98 Å². The first-order valence-corrected chi connectivity index (χ1v) is 9.98. The second kappa shape index (κ2) is 7.66. The van der Waals surface area contributed by atoms with Crippen molar-refractivity contribution < 1.29 is 19.2 Å². The van der Waals surface area contributed by atoms with Crippen molar-refractivity contribution in [3.8, 4) is 16.9 Å². The molecule has 2 N–H and O–H groups in total. The van der Waals surface area contributed by atoms with E-state index in [4.69, 9.17) is 9.26 Å². The van der Waals surface area contributed by atoms with Crippen LogP contribution in [0.25, 0.3) is 11.1 Å². The molecule has 0 bridgehead atoms. The molecule has 3 heterocycles. The molecule has 1 aromatic carbocycles. The maximum Gasteiger partial charge on any atom is 0.296 e. The van der Waals surface area contributed by atoms with Crippen LogP contribution in [0.2, 0.25) is 0 Å². The predicted octanol–water partition coefficient (Wildman–Crippen LogP) is 2.42. The number of aromatic hydroxyl groups is 1. The van der Waals surface area contributed by atoms with Gasteiger partial charge in [0.15, 0.2) is 5.69 Å². The molecule has 0 saturated heterocycles. The number of nitrogens with one attached hydrogen (secondary N) is 1. The van der Waals surface area contributed by atoms with Crippen molar-refractivity contribution >= 4 is 5.91 Å². The summed E-state index contributed by atoms with van der Waals surface area (Å²) >= 11 is 0. The first-order chi connectivity index (χ1) is 14.7. The van der Waals surface area contributed by atoms with Crippen LogP contribution in [0, 0.1) is 13.8 Å². The Labute approximate surface area is 178 Å². The normalized spacial score (nSPS) is 14.8. The second-order valence-electron chi connectivity index (χ2n) is 7.99. The summed E-state index contributed by atoms with van der Waals surface area (Å²) in [5.74, 6) is -0.325. The zero-order chi connectivity index (χ0) is 22.3. The average Bonchev–Trinajstić information content (AvgIpc) is 3.07. The number of benzene rings is 1. The lowest BCUT2D eigenvalue weighted by Crippen LogP contribution is -2.42. The Morgan fingerprint density at radius 3 is 2.74 bits per heavy atom. The lowest BCUT2D eigenvalue weighted by molar-refractivity contribution is -0.0566. The van der Waals surface area contributed by atoms with E-state index in [2.05, 4.69) is 15.5 Å². The molecule has 0 saturated carbocycles. The van der Waals surface area contributed by atoms with Crippen LogP contribution in [0.1, 0.15) is 47.2 Å². The molecule has 1 aliphatic rings. The smallest absolute Gasteiger partial charge is 0.296 e. The van der Waals surface area contributed by atoms with Gasteiger partial charge in [-0.2, -0.15) is 0 Å². The van der Waals surface area contributed by atoms with Gasteiger partial charge < -0.3 is 19.7 Å². The van der Waals surface area contributed by atoms with Gasteiger partial charge in [-0.05, 0) is 38.8 Å². The van der Waals surface area contributed by atoms with Crippen molar-refractivity contribution in [2.45, 2.75) is 46.4 Å². The van der Waals surface area contributed by atoms with Crippen molar-refractivity contribution in [2.75, 3.05) is 6.61 Å². The van der Waals surface area contributed by atoms with Crippen molar-refractivity contribution in [2.24, 2.45) is 0 Å². The lowest BCUT2D eigenvalue weighted by Gasteiger charge is -2.32. The topological polar surface area (TPSA) is 119 Å². The molecule has 3 aromatic rings. The summed E-state index contributed by atoms with van der Waals surface area (Å²) in [4.78, 5) is 29.8. The van der Waals surface area contributed by atoms with E-state index in [1.54, 1.807) is 13.8 Å². The quantitative estimate of drug-likeness (QED) is 0.660. The molecule has 0 atom stereocenters. The third kappa shape index (κ3) is 3.61. The van der Waals surface area contributed by atoms with Crippen LogP contribution in [-0.4, -0.2) is 32.3 Å². The summed E-state index contributed by atoms with van der Waals surface area (Å²) in [6.07, 6.45) is 0. The maximum atomic E-state index is 12.9. The molecular formula is C22H24N4O5. The van der Waals surface area contributed by atoms with Gasteiger partial charge in [0.1, 0.15) is 17.2 Å². The van der Waals surface area contributed by atoms with Crippen LogP contribution in [0.3, 0.4) is 0 Å². The maximum absolute atomic E-state index is 12.9. The number of hydrogen-bond acceptors (Lipinski definition) is 7. The molecule has 0 aliphatic carbocycles. The summed E-state index contributed by atoms with van der Waals surface area (Å²) in [7, 11) is 0. The van der Waals surface area contributed by atoms with Crippen LogP contribution in [0.4, 0.5) is 0 Å². The number of nitrogens with zero attached hydrogens (tertiary/aromatic N) is 3. The van der Waals surface area contributed by atoms with Crippen LogP contribution in [-0.2, 0) is 23.4 Å². The van der Waals surface area contributed by atoms with Gasteiger partial charge in [0.05, 0.1) is 18.8 Å². The van der Waals surface area contributed by atoms with Crippen molar-refractivity contribution in [1.29, 1.82) is 0 Å². The molecule has 0 spiro atoms. The molecule has 9 nitrogen and oxygen atoms in total. The number of hydrogen-bond donors (Lipinski definition) is 2. The Kier molecular flexibility index (Phi) is 5.14. The molecule has 9 heteroatoms. The molecule has 162 valence electrons. The monoisotopic (exact) mass is 424 g/mol. The van der Waals surface area contributed by atoms with Gasteiger partial charge in [0, 0.05) is 12.1 Å². The Hall–Kier alpha value is -3.46. The number of fused-ring (bicyclic) bond motifs is 1. The summed E-state index contributed by atoms with van der Waals surface area (Å²) in [5, 5.41) is 17.1. The fourth-order valence-electron chi connectivity index (χ4n) is 3.87. The Bertz CT molecular complexity index is 1210. The number of aromatic nitrogens is 3. The molecule has 0 fully saturated rings. The zero-order valence-corrected chi connectivity index (χ0v) is 17.9. The van der Waals surface area contributed by atoms with Crippen molar-refractivity contribution in [3.05, 3.63) is 63.2 Å². The fraction of sp³-hybridized carbons (Fsp3) is 0.364. The Morgan fingerprint density at radius 2 is 2.03 bits per heavy atom. The molecule has 1 aliphatic heterocycles. The molecule has 0 unspecified atom stereocenters. The van der Waals surface area contributed by atoms with Gasteiger partial charge in [-0.15, -0.1) is 0 Å². The van der Waals surface area contributed by atoms with Gasteiger partial charge in [-0.3, -0.25) is 14.2 Å². The van der Waals surface area contributed by atoms with Gasteiger partial charge in [0.2, 0.25) is 5.75 Å². The van der Waals surface area contributed by atoms with E-state index >= 15 is 0 Å². The van der Waals surface area contributed by atoms with Crippen molar-refractivity contribution in [1.82, 2.24) is 20.0 Å². The molecule has 4 rings (SSSR count). The van der Waals surface area contributed by atoms with Crippen LogP contribution >= 0.6 is 0 Å². The molecular weight excluding hydrogens is 400 g/mol. The second-order valence-corrected chi connectivity index (χ2v) is 7.99. The van der Waals surface area contributed by atoms with E-state index in [0.29, 0.717) is 18.2 Å². The highest BCUT2D eigenvalue weighted by atomic mass is 16.5. The highest BCUT2D eigenvalue weighted by Gasteiger charge is 2.34. The minimum absolute atomic E-state index is 0.165. The summed E-state index contributed by atoms with van der Waals surface area (Å²) in [6.45, 7) is 7.98. The number of rotatable bonds is 4. The third-order valence-electron chi connectivity index (χ3n) is 5.44. The van der Waals surface area contributed by atoms with Crippen LogP contribution in [0.5, 0.6) is 5.75 Å². The number of carbonyl (C=O) groups is 1. The van der Waals surface area contributed by atoms with E-state index in [1.807, 2.05) is 38.1 Å². The lowest BCUT2D eigenvalue weighted by atomic mass is 9.98. The molecule has 1 amide bonds. The standard InChI is InChI=1S/C22H24N4O5/c1-12-16(13(2)31-25-12)15-8-6-5-7-14(15)11-23-19(28)17-18(27)20(29)26-9-10-30-22(3,4)21(26)24-17/h5-8,27H,9-11H2,1-4H3,(H,23,28). The van der Waals surface area contributed by atoms with Crippen molar-refractivity contribution in [3.63, 3.8) is 0 Å². The molecule has 31 heavy (non-hydrogen) atoms. The van der Waals surface area contributed by atoms with E-state index in [1.165, 1.54) is 4.57 Å². The Balaban J connectivity index is 1.65. The fourth-order valence-corrected chi connectivity index (χ4v) is 3.87. The third-order valence-corrected chi connectivity index (χ3v) is 5.44. The van der Waals surface area contributed by atoms with Gasteiger partial charge >= 0.3 is 0 Å². The molecule has 2 aromatic heterocycles. The summed E-state index contributed by atoms with van der Waals surface area (Å²) < 4.78 is 12.3. The van der Waals surface area contributed by atoms with Crippen LogP contribution in [0.15, 0.2) is 33.6 Å². The van der Waals surface area contributed by atoms with Gasteiger partial charge in [0.25, 0.3) is 11.5 Å². The van der Waals surface area contributed by atoms with Crippen LogP contribution < -0.4 is 10.9 Å². The minimum atomic E-state index is -0.851. The van der Waals surface area contributed by atoms with E-state index < -0.39 is 22.8 Å². The SMILES string of the molecule is Cc1noc(C)c1-c1ccccc1CNC(=O)c1nc2n(c(=O)c1O)CCOC2(C)C. The molecule has 0 radical (unpaired) electrons. The number of aryl methyl sites for hydroxylation is 2. The largest absolute Gasteiger partial charge is 0.501 e. The highest BCUT2D eigenvalue weighted by Crippen LogP contribution is 2.30. The van der Waals surface area contributed by atoms with E-state index in [-0.39, 0.29) is 18.8 Å². The zero-order valence-electron chi connectivity index (χ0n) is 17.9. The van der Waals surface area contributed by atoms with Gasteiger partial charge in [-0.1, -0.05) is 29.4 Å². The summed E-state index contributed by atoms with van der Waals surface area (Å²) in [6, 6.07) is 7.57. The summed E-state index contributed by atoms with van der Waals surface area (Å²) in [5.41, 5.74) is 1.53. The first-order valence-electron chi connectivity index (χ1n) is 9.98. The minimum Gasteiger partial charge on any atom is -0.501 e. The average molecular weight is 424 g/mol. The van der Waals surface area contributed by atoms with E-state index in [9.17, 15) is 14.7 Å². The Morgan fingerprint density at radius 1 is 1.29 bits per heavy atom. The first kappa shape index (κ1) is 20.8. The number of ether oxygens (including phenoxy) is 1. The highest BCUT2D eigenvalue weighted by molar-refractivity contribution is 5.94.